The number of nitrogens with zero attached hydrogens (tertiary/aromatic N) is 1. The van der Waals surface area contributed by atoms with Crippen molar-refractivity contribution in [2.24, 2.45) is 0 Å². The summed E-state index contributed by atoms with van der Waals surface area (Å²) in [4.78, 5) is 14.2. The highest BCUT2D eigenvalue weighted by Crippen LogP contribution is 2.09. The molecule has 0 atom stereocenters. The van der Waals surface area contributed by atoms with Gasteiger partial charge in [-0.25, -0.2) is 14.2 Å². The third kappa shape index (κ3) is 1.50. The molecule has 0 aliphatic carbocycles. The summed E-state index contributed by atoms with van der Waals surface area (Å²) in [7, 11) is 1.09. The molecule has 0 spiro atoms. The maximum absolute atomic E-state index is 12.9. The summed E-state index contributed by atoms with van der Waals surface area (Å²) in [6.07, 6.45) is -0.779. The summed E-state index contributed by atoms with van der Waals surface area (Å²) in [5, 5.41) is 0. The zero-order valence-corrected chi connectivity index (χ0v) is 6.22. The highest BCUT2D eigenvalue weighted by molar-refractivity contribution is 5.87. The number of anilines is 1. The molecular formula is C7H7FN2O2. The van der Waals surface area contributed by atoms with Gasteiger partial charge in [-0.1, -0.05) is 0 Å². The van der Waals surface area contributed by atoms with E-state index >= 15 is 0 Å². The Hall–Kier alpha value is -1.65. The molecule has 0 unspecified atom stereocenters. The van der Waals surface area contributed by atoms with E-state index < -0.39 is 35.4 Å². The minimum Gasteiger partial charge on any atom is -0.464 e. The number of hydrogen-bond acceptors (Lipinski definition) is 4. The van der Waals surface area contributed by atoms with Crippen molar-refractivity contribution in [2.75, 3.05) is 12.8 Å². The topological polar surface area (TPSA) is 65.2 Å². The first-order valence-corrected chi connectivity index (χ1v) is 2.99. The number of pyridine rings is 1. The average molecular weight is 172 g/mol. The molecule has 0 saturated heterocycles. The van der Waals surface area contributed by atoms with Crippen LogP contribution in [-0.4, -0.2) is 18.1 Å². The second kappa shape index (κ2) is 3.17. The Morgan fingerprint density at radius 1 is 1.92 bits per heavy atom. The maximum Gasteiger partial charge on any atom is 0.356 e. The predicted octanol–water partition coefficient (Wildman–Crippen LogP) is 0.590. The lowest BCUT2D eigenvalue weighted by atomic mass is 10.3. The molecule has 1 aromatic heterocycles. The van der Waals surface area contributed by atoms with Crippen molar-refractivity contribution in [3.63, 3.8) is 0 Å². The number of ether oxygens (including phenoxy) is 1. The lowest BCUT2D eigenvalue weighted by Crippen LogP contribution is -2.05. The third-order valence-electron chi connectivity index (χ3n) is 1.13. The van der Waals surface area contributed by atoms with Crippen molar-refractivity contribution >= 4 is 11.7 Å². The van der Waals surface area contributed by atoms with Gasteiger partial charge in [0.25, 0.3) is 0 Å². The first kappa shape index (κ1) is 5.93. The van der Waals surface area contributed by atoms with Crippen LogP contribution in [0.2, 0.25) is 0 Å². The second-order valence-electron chi connectivity index (χ2n) is 1.92. The number of carbonyl (C=O) groups is 1. The molecule has 0 radical (unpaired) electrons. The SMILES string of the molecule is [2H]c1nc(C(=O)OC)c([2H])c(N)c1F. The van der Waals surface area contributed by atoms with E-state index in [1.165, 1.54) is 0 Å². The average Bonchev–Trinajstić information content (AvgIpc) is 2.19. The van der Waals surface area contributed by atoms with Crippen LogP contribution in [0.3, 0.4) is 0 Å². The molecule has 12 heavy (non-hydrogen) atoms. The van der Waals surface area contributed by atoms with Crippen LogP contribution >= 0.6 is 0 Å². The molecule has 0 fully saturated rings. The monoisotopic (exact) mass is 172 g/mol. The van der Waals surface area contributed by atoms with E-state index in [0.29, 0.717) is 0 Å². The number of halogens is 1. The standard InChI is InChI=1S/C7H7FN2O2/c1-12-7(11)6-2-5(9)4(8)3-10-6/h2-3H,1H3,(H2,9,10)/i2D,3D. The maximum atomic E-state index is 12.9. The molecule has 0 aliphatic heterocycles. The number of methoxy groups -OCH3 is 1. The van der Waals surface area contributed by atoms with Gasteiger partial charge in [0.05, 0.1) is 21.7 Å². The Morgan fingerprint density at radius 3 is 3.17 bits per heavy atom. The van der Waals surface area contributed by atoms with E-state index in [2.05, 4.69) is 9.72 Å². The minimum atomic E-state index is -1.11. The van der Waals surface area contributed by atoms with Gasteiger partial charge in [0.15, 0.2) is 11.5 Å². The summed E-state index contributed by atoms with van der Waals surface area (Å²) in [5.41, 5.74) is 4.11. The van der Waals surface area contributed by atoms with Crippen LogP contribution in [0.15, 0.2) is 12.2 Å². The molecule has 0 saturated carbocycles. The van der Waals surface area contributed by atoms with Crippen molar-refractivity contribution in [2.45, 2.75) is 0 Å². The Kier molecular flexibility index (Phi) is 1.57. The fraction of sp³-hybridized carbons (Fsp3) is 0.143. The number of carbonyl (C=O) groups excluding carboxylic acids is 1. The Balaban J connectivity index is 3.40. The molecule has 0 aliphatic rings. The second-order valence-corrected chi connectivity index (χ2v) is 1.92. The van der Waals surface area contributed by atoms with E-state index in [-0.39, 0.29) is 0 Å². The van der Waals surface area contributed by atoms with Gasteiger partial charge in [0, 0.05) is 0 Å². The first-order chi connectivity index (χ1) is 6.49. The van der Waals surface area contributed by atoms with E-state index in [0.717, 1.165) is 7.11 Å². The minimum absolute atomic E-state index is 0.462. The number of nitrogens with two attached hydrogens (primary N) is 1. The van der Waals surface area contributed by atoms with E-state index in [9.17, 15) is 9.18 Å². The Morgan fingerprint density at radius 2 is 2.58 bits per heavy atom. The van der Waals surface area contributed by atoms with Crippen molar-refractivity contribution in [3.8, 4) is 0 Å². The van der Waals surface area contributed by atoms with E-state index in [4.69, 9.17) is 8.48 Å². The molecule has 1 rings (SSSR count). The summed E-state index contributed by atoms with van der Waals surface area (Å²) < 4.78 is 31.4. The summed E-state index contributed by atoms with van der Waals surface area (Å²) in [6, 6.07) is -0.564. The van der Waals surface area contributed by atoms with Gasteiger partial charge in [-0.15, -0.1) is 0 Å². The molecule has 1 aromatic rings. The number of rotatable bonds is 1. The van der Waals surface area contributed by atoms with Gasteiger partial charge in [-0.2, -0.15) is 0 Å². The lowest BCUT2D eigenvalue weighted by Gasteiger charge is -1.99. The quantitative estimate of drug-likeness (QED) is 0.629. The van der Waals surface area contributed by atoms with E-state index in [1.54, 1.807) is 0 Å². The molecule has 5 heteroatoms. The molecule has 0 amide bonds. The number of aromatic nitrogens is 1. The molecule has 64 valence electrons. The third-order valence-corrected chi connectivity index (χ3v) is 1.13. The van der Waals surface area contributed by atoms with Crippen LogP contribution in [0.1, 0.15) is 13.2 Å². The van der Waals surface area contributed by atoms with Gasteiger partial charge >= 0.3 is 5.97 Å². The molecule has 0 bridgehead atoms. The first-order valence-electron chi connectivity index (χ1n) is 3.99. The van der Waals surface area contributed by atoms with Gasteiger partial charge in [-0.3, -0.25) is 0 Å². The largest absolute Gasteiger partial charge is 0.464 e. The highest BCUT2D eigenvalue weighted by atomic mass is 19.1. The summed E-state index contributed by atoms with van der Waals surface area (Å²) in [5.74, 6) is -2.03. The molecular weight excluding hydrogens is 163 g/mol. The molecule has 4 nitrogen and oxygen atoms in total. The lowest BCUT2D eigenvalue weighted by molar-refractivity contribution is 0.0594. The number of hydrogen-bond donors (Lipinski definition) is 1. The van der Waals surface area contributed by atoms with Crippen LogP contribution in [0.25, 0.3) is 0 Å². The Labute approximate surface area is 71.0 Å². The van der Waals surface area contributed by atoms with Crippen molar-refractivity contribution in [1.82, 2.24) is 4.98 Å². The van der Waals surface area contributed by atoms with Crippen LogP contribution in [-0.2, 0) is 4.74 Å². The fourth-order valence-electron chi connectivity index (χ4n) is 0.569. The van der Waals surface area contributed by atoms with Crippen LogP contribution < -0.4 is 5.73 Å². The molecule has 2 N–H and O–H groups in total. The van der Waals surface area contributed by atoms with E-state index in [1.807, 2.05) is 0 Å². The predicted molar refractivity (Wildman–Crippen MR) is 39.9 cm³/mol. The summed E-state index contributed by atoms with van der Waals surface area (Å²) in [6.45, 7) is 0. The smallest absolute Gasteiger partial charge is 0.356 e. The van der Waals surface area contributed by atoms with Crippen LogP contribution in [0.5, 0.6) is 0 Å². The summed E-state index contributed by atoms with van der Waals surface area (Å²) >= 11 is 0. The fourth-order valence-corrected chi connectivity index (χ4v) is 0.569. The zero-order valence-electron chi connectivity index (χ0n) is 8.22. The van der Waals surface area contributed by atoms with Crippen molar-refractivity contribution < 1.29 is 16.7 Å². The number of esters is 1. The van der Waals surface area contributed by atoms with Gasteiger partial charge in [0.1, 0.15) is 0 Å². The number of nitrogen functional groups attached to an aromatic ring is 1. The Bertz CT molecular complexity index is 398. The van der Waals surface area contributed by atoms with Crippen molar-refractivity contribution in [3.05, 3.63) is 23.7 Å². The van der Waals surface area contributed by atoms with Gasteiger partial charge in [-0.05, 0) is 6.04 Å². The van der Waals surface area contributed by atoms with Crippen LogP contribution in [0.4, 0.5) is 10.1 Å². The molecule has 0 aromatic carbocycles. The highest BCUT2D eigenvalue weighted by Gasteiger charge is 2.08. The van der Waals surface area contributed by atoms with Crippen LogP contribution in [0, 0.1) is 5.82 Å². The zero-order chi connectivity index (χ0) is 10.9. The van der Waals surface area contributed by atoms with Gasteiger partial charge in [0.2, 0.25) is 0 Å². The molecule has 1 heterocycles. The van der Waals surface area contributed by atoms with Gasteiger partial charge < -0.3 is 10.5 Å². The normalized spacial score (nSPS) is 11.8. The van der Waals surface area contributed by atoms with Crippen molar-refractivity contribution in [1.29, 1.82) is 0 Å².